The molecule has 2 atom stereocenters. The Morgan fingerprint density at radius 1 is 1.71 bits per heavy atom. The molecule has 1 fully saturated rings. The molecule has 1 aliphatic heterocycles. The van der Waals surface area contributed by atoms with Gasteiger partial charge in [0.25, 0.3) is 0 Å². The minimum Gasteiger partial charge on any atom is -0.481 e. The van der Waals surface area contributed by atoms with Crippen molar-refractivity contribution >= 4 is 17.5 Å². The predicted molar refractivity (Wildman–Crippen MR) is 73.3 cm³/mol. The van der Waals surface area contributed by atoms with Gasteiger partial charge in [0.15, 0.2) is 0 Å². The van der Waals surface area contributed by atoms with Gasteiger partial charge in [-0.2, -0.15) is 5.10 Å². The van der Waals surface area contributed by atoms with Crippen LogP contribution in [-0.2, 0) is 16.1 Å². The van der Waals surface area contributed by atoms with Gasteiger partial charge in [0.2, 0.25) is 5.82 Å². The Hall–Kier alpha value is -2.16. The van der Waals surface area contributed by atoms with Crippen molar-refractivity contribution in [1.29, 1.82) is 0 Å². The van der Waals surface area contributed by atoms with Crippen LogP contribution in [0.3, 0.4) is 0 Å². The second kappa shape index (κ2) is 5.32. The van der Waals surface area contributed by atoms with Crippen LogP contribution in [0.25, 0.3) is 0 Å². The molecule has 0 radical (unpaired) electrons. The normalized spacial score (nSPS) is 25.0. The number of hydrogen-bond acceptors (Lipinski definition) is 6. The van der Waals surface area contributed by atoms with E-state index in [2.05, 4.69) is 10.4 Å². The summed E-state index contributed by atoms with van der Waals surface area (Å²) in [7, 11) is 0. The molecule has 0 spiro atoms. The van der Waals surface area contributed by atoms with E-state index >= 15 is 0 Å². The lowest BCUT2D eigenvalue weighted by molar-refractivity contribution is -0.384. The lowest BCUT2D eigenvalue weighted by Gasteiger charge is -2.26. The number of carbonyl (C=O) groups is 1. The summed E-state index contributed by atoms with van der Waals surface area (Å²) in [5.74, 6) is -0.776. The fourth-order valence-corrected chi connectivity index (χ4v) is 2.41. The molecule has 2 N–H and O–H groups in total. The first-order valence-corrected chi connectivity index (χ1v) is 6.60. The summed E-state index contributed by atoms with van der Waals surface area (Å²) >= 11 is 0. The van der Waals surface area contributed by atoms with Crippen LogP contribution >= 0.6 is 0 Å². The zero-order valence-corrected chi connectivity index (χ0v) is 12.1. The number of aromatic nitrogens is 2. The van der Waals surface area contributed by atoms with Crippen molar-refractivity contribution in [3.05, 3.63) is 15.8 Å². The van der Waals surface area contributed by atoms with Gasteiger partial charge in [-0.3, -0.25) is 14.9 Å². The van der Waals surface area contributed by atoms with Crippen LogP contribution < -0.4 is 5.32 Å². The summed E-state index contributed by atoms with van der Waals surface area (Å²) in [4.78, 5) is 22.1. The number of aryl methyl sites for hydroxylation is 2. The first-order valence-electron chi connectivity index (χ1n) is 6.60. The fourth-order valence-electron chi connectivity index (χ4n) is 2.41. The molecule has 2 rings (SSSR count). The predicted octanol–water partition coefficient (Wildman–Crippen LogP) is 1.02. The van der Waals surface area contributed by atoms with Gasteiger partial charge in [-0.15, -0.1) is 0 Å². The van der Waals surface area contributed by atoms with Crippen molar-refractivity contribution in [2.24, 2.45) is 5.41 Å². The van der Waals surface area contributed by atoms with E-state index in [0.717, 1.165) is 0 Å². The first kappa shape index (κ1) is 15.2. The Bertz CT molecular complexity index is 584. The van der Waals surface area contributed by atoms with Crippen LogP contribution in [0.4, 0.5) is 11.5 Å². The van der Waals surface area contributed by atoms with Gasteiger partial charge in [0.1, 0.15) is 11.1 Å². The van der Waals surface area contributed by atoms with E-state index in [9.17, 15) is 20.0 Å². The topological polar surface area (TPSA) is 120 Å². The lowest BCUT2D eigenvalue weighted by atomic mass is 9.85. The first-order chi connectivity index (χ1) is 9.81. The molecule has 0 aliphatic carbocycles. The molecule has 2 heterocycles. The number of carboxylic acids is 1. The van der Waals surface area contributed by atoms with Gasteiger partial charge >= 0.3 is 11.7 Å². The number of hydrogen-bond donors (Lipinski definition) is 2. The van der Waals surface area contributed by atoms with Crippen molar-refractivity contribution in [3.63, 3.8) is 0 Å². The van der Waals surface area contributed by atoms with Crippen molar-refractivity contribution in [2.75, 3.05) is 18.5 Å². The maximum Gasteiger partial charge on any atom is 0.333 e. The summed E-state index contributed by atoms with van der Waals surface area (Å²) < 4.78 is 6.71. The number of rotatable bonds is 5. The number of nitrogens with one attached hydrogen (secondary N) is 1. The quantitative estimate of drug-likeness (QED) is 0.615. The van der Waals surface area contributed by atoms with Crippen LogP contribution in [0.2, 0.25) is 0 Å². The standard InChI is InChI=1S/C12H18N4O5/c1-4-15-10(9(16(19)20)7(2)14-15)13-8-5-21-6-12(8,3)11(17)18/h8,13H,4-6H2,1-3H3,(H,17,18). The summed E-state index contributed by atoms with van der Waals surface area (Å²) in [5.41, 5.74) is -0.971. The molecule has 1 saturated heterocycles. The zero-order chi connectivity index (χ0) is 15.8. The van der Waals surface area contributed by atoms with E-state index in [4.69, 9.17) is 4.74 Å². The van der Waals surface area contributed by atoms with Crippen LogP contribution in [0.15, 0.2) is 0 Å². The highest BCUT2D eigenvalue weighted by atomic mass is 16.6. The molecule has 116 valence electrons. The lowest BCUT2D eigenvalue weighted by Crippen LogP contribution is -2.43. The average Bonchev–Trinajstić information content (AvgIpc) is 2.92. The molecule has 1 aromatic rings. The summed E-state index contributed by atoms with van der Waals surface area (Å²) in [6.07, 6.45) is 0. The van der Waals surface area contributed by atoms with E-state index in [-0.39, 0.29) is 24.7 Å². The highest BCUT2D eigenvalue weighted by Crippen LogP contribution is 2.35. The molecule has 0 bridgehead atoms. The van der Waals surface area contributed by atoms with E-state index in [0.29, 0.717) is 12.2 Å². The van der Waals surface area contributed by atoms with Crippen LogP contribution in [0.5, 0.6) is 0 Å². The van der Waals surface area contributed by atoms with Crippen molar-refractivity contribution in [1.82, 2.24) is 9.78 Å². The molecule has 2 unspecified atom stereocenters. The molecule has 0 saturated carbocycles. The van der Waals surface area contributed by atoms with Crippen molar-refractivity contribution in [3.8, 4) is 0 Å². The zero-order valence-electron chi connectivity index (χ0n) is 12.1. The number of anilines is 1. The van der Waals surface area contributed by atoms with E-state index < -0.39 is 22.3 Å². The van der Waals surface area contributed by atoms with Gasteiger partial charge < -0.3 is 15.2 Å². The van der Waals surface area contributed by atoms with Gasteiger partial charge in [-0.25, -0.2) is 4.68 Å². The van der Waals surface area contributed by atoms with Gasteiger partial charge in [-0.05, 0) is 20.8 Å². The maximum absolute atomic E-state index is 11.4. The third kappa shape index (κ3) is 2.44. The molecule has 9 heteroatoms. The Balaban J connectivity index is 2.39. The van der Waals surface area contributed by atoms with Crippen molar-refractivity contribution < 1.29 is 19.6 Å². The highest BCUT2D eigenvalue weighted by Gasteiger charge is 2.47. The summed E-state index contributed by atoms with van der Waals surface area (Å²) in [6.45, 7) is 5.60. The molecule has 1 aliphatic rings. The van der Waals surface area contributed by atoms with Crippen molar-refractivity contribution in [2.45, 2.75) is 33.4 Å². The third-order valence-corrected chi connectivity index (χ3v) is 3.83. The summed E-state index contributed by atoms with van der Waals surface area (Å²) in [6, 6.07) is -0.560. The monoisotopic (exact) mass is 298 g/mol. The third-order valence-electron chi connectivity index (χ3n) is 3.83. The average molecular weight is 298 g/mol. The molecule has 9 nitrogen and oxygen atoms in total. The fraction of sp³-hybridized carbons (Fsp3) is 0.667. The number of nitrogens with zero attached hydrogens (tertiary/aromatic N) is 3. The Labute approximate surface area is 121 Å². The largest absolute Gasteiger partial charge is 0.481 e. The van der Waals surface area contributed by atoms with Gasteiger partial charge in [0.05, 0.1) is 24.2 Å². The van der Waals surface area contributed by atoms with E-state index in [1.165, 1.54) is 4.68 Å². The second-order valence-corrected chi connectivity index (χ2v) is 5.29. The molecular formula is C12H18N4O5. The molecular weight excluding hydrogens is 280 g/mol. The molecule has 0 amide bonds. The van der Waals surface area contributed by atoms with Gasteiger partial charge in [-0.1, -0.05) is 0 Å². The Morgan fingerprint density at radius 2 is 2.38 bits per heavy atom. The van der Waals surface area contributed by atoms with Crippen LogP contribution in [0, 0.1) is 22.5 Å². The smallest absolute Gasteiger partial charge is 0.333 e. The minimum absolute atomic E-state index is 0.0625. The number of nitro groups is 1. The number of aliphatic carboxylic acids is 1. The molecule has 1 aromatic heterocycles. The van der Waals surface area contributed by atoms with Crippen LogP contribution in [0.1, 0.15) is 19.5 Å². The van der Waals surface area contributed by atoms with E-state index in [1.807, 2.05) is 6.92 Å². The summed E-state index contributed by atoms with van der Waals surface area (Å²) in [5, 5.41) is 27.6. The second-order valence-electron chi connectivity index (χ2n) is 5.29. The molecule has 0 aromatic carbocycles. The highest BCUT2D eigenvalue weighted by molar-refractivity contribution is 5.77. The molecule has 21 heavy (non-hydrogen) atoms. The van der Waals surface area contributed by atoms with Gasteiger partial charge in [0, 0.05) is 6.54 Å². The number of ether oxygens (including phenoxy) is 1. The van der Waals surface area contributed by atoms with E-state index in [1.54, 1.807) is 13.8 Å². The maximum atomic E-state index is 11.4. The number of carboxylic acid groups (broad SMARTS) is 1. The SMILES string of the molecule is CCn1nc(C)c([N+](=O)[O-])c1NC1COCC1(C)C(=O)O. The Kier molecular flexibility index (Phi) is 3.86. The Morgan fingerprint density at radius 3 is 2.90 bits per heavy atom. The minimum atomic E-state index is -1.13. The van der Waals surface area contributed by atoms with Crippen LogP contribution in [-0.4, -0.2) is 45.0 Å².